The van der Waals surface area contributed by atoms with Crippen molar-refractivity contribution in [2.45, 2.75) is 6.54 Å². The van der Waals surface area contributed by atoms with Gasteiger partial charge in [0.2, 0.25) is 5.91 Å². The number of hydrogen-bond donors (Lipinski definition) is 1. The van der Waals surface area contributed by atoms with Gasteiger partial charge in [0.1, 0.15) is 24.2 Å². The molecule has 7 nitrogen and oxygen atoms in total. The summed E-state index contributed by atoms with van der Waals surface area (Å²) < 4.78 is 16.3. The molecule has 0 fully saturated rings. The van der Waals surface area contributed by atoms with E-state index < -0.39 is 17.3 Å². The van der Waals surface area contributed by atoms with E-state index in [2.05, 4.69) is 15.5 Å². The minimum absolute atomic E-state index is 0.0314. The van der Waals surface area contributed by atoms with Crippen molar-refractivity contribution in [2.24, 2.45) is 0 Å². The Morgan fingerprint density at radius 3 is 2.72 bits per heavy atom. The Bertz CT molecular complexity index is 1550. The maximum atomic E-state index is 13.9. The zero-order valence-electron chi connectivity index (χ0n) is 16.5. The number of rotatable bonds is 4. The summed E-state index contributed by atoms with van der Waals surface area (Å²) in [5.74, 6) is -1.27. The number of halogens is 2. The molecule has 0 aliphatic carbocycles. The first kappa shape index (κ1) is 19.9. The van der Waals surface area contributed by atoms with Crippen LogP contribution in [-0.4, -0.2) is 25.3 Å². The third-order valence-corrected chi connectivity index (χ3v) is 5.29. The zero-order chi connectivity index (χ0) is 22.2. The highest BCUT2D eigenvalue weighted by atomic mass is 35.5. The van der Waals surface area contributed by atoms with Gasteiger partial charge in [0, 0.05) is 10.6 Å². The summed E-state index contributed by atoms with van der Waals surface area (Å²) in [4.78, 5) is 25.3. The molecule has 0 atom stereocenters. The molecule has 3 aromatic carbocycles. The second-order valence-electron chi connectivity index (χ2n) is 7.15. The van der Waals surface area contributed by atoms with Crippen molar-refractivity contribution in [3.8, 4) is 11.3 Å². The van der Waals surface area contributed by atoms with E-state index >= 15 is 0 Å². The first-order valence-corrected chi connectivity index (χ1v) is 10.1. The summed E-state index contributed by atoms with van der Waals surface area (Å²) in [5.41, 5.74) is 1.25. The molecule has 0 saturated carbocycles. The fourth-order valence-corrected chi connectivity index (χ4v) is 3.71. The van der Waals surface area contributed by atoms with E-state index in [1.807, 2.05) is 42.5 Å². The van der Waals surface area contributed by atoms with E-state index in [1.165, 1.54) is 23.0 Å². The number of hydrogen-bond acceptors (Lipinski definition) is 4. The monoisotopic (exact) mass is 447 g/mol. The fraction of sp³-hybridized carbons (Fsp3) is 0.0435. The summed E-state index contributed by atoms with van der Waals surface area (Å²) in [6.45, 7) is -0.383. The highest BCUT2D eigenvalue weighted by Crippen LogP contribution is 2.27. The van der Waals surface area contributed by atoms with E-state index in [9.17, 15) is 14.0 Å². The number of aromatic nitrogens is 4. The van der Waals surface area contributed by atoms with Crippen LogP contribution in [0.5, 0.6) is 0 Å². The van der Waals surface area contributed by atoms with Gasteiger partial charge >= 0.3 is 0 Å². The van der Waals surface area contributed by atoms with Crippen molar-refractivity contribution in [3.63, 3.8) is 0 Å². The SMILES string of the molecule is O=C(Cn1ncn2nc(-c3cccc4ccccc34)cc2c1=O)Nc1ccc(Cl)cc1F. The quantitative estimate of drug-likeness (QED) is 0.449. The highest BCUT2D eigenvalue weighted by Gasteiger charge is 2.14. The van der Waals surface area contributed by atoms with E-state index in [0.717, 1.165) is 27.1 Å². The summed E-state index contributed by atoms with van der Waals surface area (Å²) in [6.07, 6.45) is 1.36. The minimum Gasteiger partial charge on any atom is -0.322 e. The predicted octanol–water partition coefficient (Wildman–Crippen LogP) is 4.14. The number of carbonyl (C=O) groups excluding carboxylic acids is 1. The lowest BCUT2D eigenvalue weighted by molar-refractivity contribution is -0.117. The largest absolute Gasteiger partial charge is 0.322 e. The fourth-order valence-electron chi connectivity index (χ4n) is 3.55. The van der Waals surface area contributed by atoms with E-state index in [-0.39, 0.29) is 22.8 Å². The second-order valence-corrected chi connectivity index (χ2v) is 7.59. The first-order chi connectivity index (χ1) is 15.5. The molecule has 32 heavy (non-hydrogen) atoms. The number of anilines is 1. The minimum atomic E-state index is -0.669. The summed E-state index contributed by atoms with van der Waals surface area (Å²) in [6, 6.07) is 19.3. The second kappa shape index (κ2) is 7.90. The number of nitrogens with zero attached hydrogens (tertiary/aromatic N) is 4. The molecule has 0 unspecified atom stereocenters. The maximum absolute atomic E-state index is 13.9. The molecule has 9 heteroatoms. The van der Waals surface area contributed by atoms with Crippen molar-refractivity contribution in [1.82, 2.24) is 19.4 Å². The van der Waals surface area contributed by atoms with Crippen LogP contribution < -0.4 is 10.9 Å². The van der Waals surface area contributed by atoms with Crippen molar-refractivity contribution < 1.29 is 9.18 Å². The van der Waals surface area contributed by atoms with Crippen molar-refractivity contribution >= 4 is 39.5 Å². The van der Waals surface area contributed by atoms with Gasteiger partial charge in [-0.05, 0) is 35.0 Å². The van der Waals surface area contributed by atoms with Crippen LogP contribution in [0.4, 0.5) is 10.1 Å². The van der Waals surface area contributed by atoms with Gasteiger partial charge in [0.05, 0.1) is 11.4 Å². The summed E-state index contributed by atoms with van der Waals surface area (Å²) in [7, 11) is 0. The number of fused-ring (bicyclic) bond motifs is 2. The molecule has 0 saturated heterocycles. The van der Waals surface area contributed by atoms with Crippen molar-refractivity contribution in [1.29, 1.82) is 0 Å². The molecule has 1 amide bonds. The van der Waals surface area contributed by atoms with E-state index in [0.29, 0.717) is 5.69 Å². The van der Waals surface area contributed by atoms with Crippen LogP contribution in [0.25, 0.3) is 27.5 Å². The van der Waals surface area contributed by atoms with Crippen molar-refractivity contribution in [2.75, 3.05) is 5.32 Å². The summed E-state index contributed by atoms with van der Waals surface area (Å²) >= 11 is 5.72. The van der Waals surface area contributed by atoms with Crippen LogP contribution in [0.2, 0.25) is 5.02 Å². The normalized spacial score (nSPS) is 11.2. The van der Waals surface area contributed by atoms with Gasteiger partial charge in [-0.3, -0.25) is 9.59 Å². The predicted molar refractivity (Wildman–Crippen MR) is 120 cm³/mol. The zero-order valence-corrected chi connectivity index (χ0v) is 17.3. The van der Waals surface area contributed by atoms with Crippen LogP contribution in [0, 0.1) is 5.82 Å². The molecular formula is C23H15ClFN5O2. The molecular weight excluding hydrogens is 433 g/mol. The molecule has 5 rings (SSSR count). The molecule has 2 aromatic heterocycles. The Labute approximate surface area is 185 Å². The Morgan fingerprint density at radius 1 is 1.06 bits per heavy atom. The Morgan fingerprint density at radius 2 is 1.88 bits per heavy atom. The lowest BCUT2D eigenvalue weighted by atomic mass is 10.0. The van der Waals surface area contributed by atoms with Crippen LogP contribution in [0.15, 0.2) is 77.9 Å². The molecule has 1 N–H and O–H groups in total. The van der Waals surface area contributed by atoms with Gasteiger partial charge in [0.25, 0.3) is 5.56 Å². The van der Waals surface area contributed by atoms with Crippen LogP contribution in [0.1, 0.15) is 0 Å². The summed E-state index contributed by atoms with van der Waals surface area (Å²) in [5, 5.41) is 13.2. The van der Waals surface area contributed by atoms with Crippen molar-refractivity contribution in [3.05, 3.63) is 94.3 Å². The van der Waals surface area contributed by atoms with Gasteiger partial charge in [-0.15, -0.1) is 0 Å². The third kappa shape index (κ3) is 3.61. The van der Waals surface area contributed by atoms with E-state index in [4.69, 9.17) is 11.6 Å². The maximum Gasteiger partial charge on any atom is 0.293 e. The number of nitrogens with one attached hydrogen (secondary N) is 1. The van der Waals surface area contributed by atoms with Gasteiger partial charge in [-0.2, -0.15) is 10.2 Å². The number of amides is 1. The van der Waals surface area contributed by atoms with Gasteiger partial charge < -0.3 is 5.32 Å². The Balaban J connectivity index is 1.47. The van der Waals surface area contributed by atoms with Gasteiger partial charge in [-0.1, -0.05) is 54.1 Å². The molecule has 0 spiro atoms. The Kier molecular flexibility index (Phi) is 4.91. The van der Waals surface area contributed by atoms with Crippen LogP contribution in [-0.2, 0) is 11.3 Å². The smallest absolute Gasteiger partial charge is 0.293 e. The van der Waals surface area contributed by atoms with Gasteiger partial charge in [-0.25, -0.2) is 13.6 Å². The van der Waals surface area contributed by atoms with Crippen LogP contribution in [0.3, 0.4) is 0 Å². The number of benzene rings is 3. The highest BCUT2D eigenvalue weighted by molar-refractivity contribution is 6.30. The lowest BCUT2D eigenvalue weighted by Crippen LogP contribution is -2.30. The molecule has 2 heterocycles. The molecule has 5 aromatic rings. The molecule has 0 bridgehead atoms. The molecule has 0 aliphatic heterocycles. The average molecular weight is 448 g/mol. The standard InChI is InChI=1S/C23H15ClFN5O2/c24-15-8-9-19(18(25)10-15)27-22(31)12-29-23(32)21-11-20(28-30(21)13-26-29)17-7-3-5-14-4-1-2-6-16(14)17/h1-11,13H,12H2,(H,27,31). The average Bonchev–Trinajstić information content (AvgIpc) is 3.22. The Hall–Kier alpha value is -4.04. The topological polar surface area (TPSA) is 81.3 Å². The lowest BCUT2D eigenvalue weighted by Gasteiger charge is -2.07. The third-order valence-electron chi connectivity index (χ3n) is 5.05. The molecule has 0 aliphatic rings. The first-order valence-electron chi connectivity index (χ1n) is 9.68. The van der Waals surface area contributed by atoms with Crippen LogP contribution >= 0.6 is 11.6 Å². The van der Waals surface area contributed by atoms with Gasteiger partial charge in [0.15, 0.2) is 0 Å². The molecule has 158 valence electrons. The van der Waals surface area contributed by atoms with E-state index in [1.54, 1.807) is 6.07 Å². The molecule has 0 radical (unpaired) electrons. The number of carbonyl (C=O) groups is 1.